The molecule has 0 atom stereocenters. The van der Waals surface area contributed by atoms with Crippen molar-refractivity contribution >= 4 is 17.3 Å². The van der Waals surface area contributed by atoms with E-state index in [1.807, 2.05) is 6.07 Å². The van der Waals surface area contributed by atoms with Crippen molar-refractivity contribution in [2.45, 2.75) is 6.92 Å². The number of methoxy groups -OCH3 is 1. The van der Waals surface area contributed by atoms with Crippen LogP contribution in [0.25, 0.3) is 0 Å². The molecule has 0 unspecified atom stereocenters. The maximum Gasteiger partial charge on any atom is 0.267 e. The van der Waals surface area contributed by atoms with E-state index >= 15 is 0 Å². The molecular weight excluding hydrogens is 306 g/mol. The number of phenolic OH excluding ortho intramolecular Hbond substituents is 1. The average Bonchev–Trinajstić information content (AvgIpc) is 2.57. The Bertz CT molecular complexity index is 805. The summed E-state index contributed by atoms with van der Waals surface area (Å²) in [5.41, 5.74) is 1.97. The van der Waals surface area contributed by atoms with Crippen LogP contribution >= 0.6 is 0 Å². The van der Waals surface area contributed by atoms with Gasteiger partial charge in [-0.1, -0.05) is 0 Å². The predicted molar refractivity (Wildman–Crippen MR) is 91.8 cm³/mol. The molecule has 0 fully saturated rings. The Morgan fingerprint density at radius 1 is 1.25 bits per heavy atom. The molecule has 0 radical (unpaired) electrons. The number of amides is 1. The molecular formula is C18H17N3O3. The zero-order valence-corrected chi connectivity index (χ0v) is 13.3. The number of anilines is 2. The van der Waals surface area contributed by atoms with Gasteiger partial charge in [0, 0.05) is 17.6 Å². The van der Waals surface area contributed by atoms with E-state index in [1.54, 1.807) is 50.4 Å². The molecule has 0 bridgehead atoms. The number of hydrogen-bond donors (Lipinski definition) is 3. The molecule has 0 saturated carbocycles. The lowest BCUT2D eigenvalue weighted by Gasteiger charge is -2.08. The van der Waals surface area contributed by atoms with Crippen LogP contribution in [0.2, 0.25) is 0 Å². The number of nitrogens with zero attached hydrogens (tertiary/aromatic N) is 1. The monoisotopic (exact) mass is 323 g/mol. The first-order valence-corrected chi connectivity index (χ1v) is 7.15. The van der Waals surface area contributed by atoms with Crippen LogP contribution < -0.4 is 15.4 Å². The molecule has 6 heteroatoms. The fraction of sp³-hybridized carbons (Fsp3) is 0.111. The largest absolute Gasteiger partial charge is 0.508 e. The number of benzene rings is 2. The SMILES string of the molecule is COc1ccc(NC(=O)/C(C#N)=C\Nc2ccc(O)cc2C)cc1. The second-order valence-corrected chi connectivity index (χ2v) is 5.00. The number of nitriles is 1. The summed E-state index contributed by atoms with van der Waals surface area (Å²) in [6.45, 7) is 1.80. The van der Waals surface area contributed by atoms with Gasteiger partial charge in [0.25, 0.3) is 5.91 Å². The van der Waals surface area contributed by atoms with Crippen LogP contribution in [0.1, 0.15) is 5.56 Å². The second-order valence-electron chi connectivity index (χ2n) is 5.00. The van der Waals surface area contributed by atoms with Gasteiger partial charge in [-0.3, -0.25) is 4.79 Å². The summed E-state index contributed by atoms with van der Waals surface area (Å²) in [6.07, 6.45) is 1.33. The molecule has 0 heterocycles. The van der Waals surface area contributed by atoms with Crippen molar-refractivity contribution in [3.05, 3.63) is 59.8 Å². The van der Waals surface area contributed by atoms with E-state index in [-0.39, 0.29) is 11.3 Å². The topological polar surface area (TPSA) is 94.4 Å². The van der Waals surface area contributed by atoms with Gasteiger partial charge in [0.1, 0.15) is 23.1 Å². The fourth-order valence-electron chi connectivity index (χ4n) is 1.98. The molecule has 3 N–H and O–H groups in total. The molecule has 0 saturated heterocycles. The van der Waals surface area contributed by atoms with Crippen LogP contribution in [0, 0.1) is 18.3 Å². The van der Waals surface area contributed by atoms with Gasteiger partial charge in [-0.15, -0.1) is 0 Å². The fourth-order valence-corrected chi connectivity index (χ4v) is 1.98. The first-order valence-electron chi connectivity index (χ1n) is 7.15. The van der Waals surface area contributed by atoms with Crippen LogP contribution in [0.5, 0.6) is 11.5 Å². The summed E-state index contributed by atoms with van der Waals surface area (Å²) >= 11 is 0. The van der Waals surface area contributed by atoms with Crippen molar-refractivity contribution < 1.29 is 14.6 Å². The van der Waals surface area contributed by atoms with Crippen molar-refractivity contribution in [1.29, 1.82) is 5.26 Å². The van der Waals surface area contributed by atoms with Crippen molar-refractivity contribution in [2.75, 3.05) is 17.7 Å². The number of carbonyl (C=O) groups excluding carboxylic acids is 1. The van der Waals surface area contributed by atoms with E-state index in [0.29, 0.717) is 17.1 Å². The minimum Gasteiger partial charge on any atom is -0.508 e. The number of hydrogen-bond acceptors (Lipinski definition) is 5. The molecule has 0 aromatic heterocycles. The summed E-state index contributed by atoms with van der Waals surface area (Å²) in [7, 11) is 1.56. The molecule has 2 rings (SSSR count). The summed E-state index contributed by atoms with van der Waals surface area (Å²) in [6, 6.07) is 13.4. The van der Waals surface area contributed by atoms with Crippen LogP contribution in [-0.4, -0.2) is 18.1 Å². The minimum absolute atomic E-state index is 0.0710. The Hall–Kier alpha value is -3.46. The van der Waals surface area contributed by atoms with Crippen molar-refractivity contribution in [2.24, 2.45) is 0 Å². The third-order valence-corrected chi connectivity index (χ3v) is 3.29. The highest BCUT2D eigenvalue weighted by Gasteiger charge is 2.09. The van der Waals surface area contributed by atoms with E-state index in [1.165, 1.54) is 12.3 Å². The highest BCUT2D eigenvalue weighted by atomic mass is 16.5. The van der Waals surface area contributed by atoms with Gasteiger partial charge < -0.3 is 20.5 Å². The van der Waals surface area contributed by atoms with Gasteiger partial charge >= 0.3 is 0 Å². The van der Waals surface area contributed by atoms with Crippen LogP contribution in [0.3, 0.4) is 0 Å². The van der Waals surface area contributed by atoms with Gasteiger partial charge in [0.05, 0.1) is 7.11 Å². The molecule has 6 nitrogen and oxygen atoms in total. The number of nitrogens with one attached hydrogen (secondary N) is 2. The molecule has 2 aromatic rings. The number of aryl methyl sites for hydroxylation is 1. The highest BCUT2D eigenvalue weighted by Crippen LogP contribution is 2.20. The molecule has 0 aliphatic rings. The Labute approximate surface area is 140 Å². The van der Waals surface area contributed by atoms with Crippen molar-refractivity contribution in [3.63, 3.8) is 0 Å². The third-order valence-electron chi connectivity index (χ3n) is 3.29. The lowest BCUT2D eigenvalue weighted by Crippen LogP contribution is -2.14. The number of ether oxygens (including phenoxy) is 1. The Kier molecular flexibility index (Phi) is 5.42. The maximum absolute atomic E-state index is 12.1. The van der Waals surface area contributed by atoms with Crippen LogP contribution in [-0.2, 0) is 4.79 Å². The molecule has 24 heavy (non-hydrogen) atoms. The predicted octanol–water partition coefficient (Wildman–Crippen LogP) is 3.17. The van der Waals surface area contributed by atoms with E-state index in [9.17, 15) is 9.90 Å². The van der Waals surface area contributed by atoms with E-state index < -0.39 is 5.91 Å². The summed E-state index contributed by atoms with van der Waals surface area (Å²) in [5, 5.41) is 24.1. The Morgan fingerprint density at radius 2 is 1.96 bits per heavy atom. The lowest BCUT2D eigenvalue weighted by atomic mass is 10.2. The number of rotatable bonds is 5. The summed E-state index contributed by atoms with van der Waals surface area (Å²) < 4.78 is 5.05. The Morgan fingerprint density at radius 3 is 2.54 bits per heavy atom. The van der Waals surface area contributed by atoms with Gasteiger partial charge in [-0.25, -0.2) is 0 Å². The van der Waals surface area contributed by atoms with Crippen molar-refractivity contribution in [3.8, 4) is 17.6 Å². The van der Waals surface area contributed by atoms with E-state index in [0.717, 1.165) is 5.56 Å². The standard InChI is InChI=1S/C18H17N3O3/c1-12-9-15(22)5-8-17(12)20-11-13(10-19)18(23)21-14-3-6-16(24-2)7-4-14/h3-9,11,20,22H,1-2H3,(H,21,23)/b13-11-. The second kappa shape index (κ2) is 7.70. The van der Waals surface area contributed by atoms with Gasteiger partial charge in [-0.05, 0) is 55.0 Å². The Balaban J connectivity index is 2.08. The van der Waals surface area contributed by atoms with Gasteiger partial charge in [-0.2, -0.15) is 5.26 Å². The molecule has 0 aliphatic carbocycles. The van der Waals surface area contributed by atoms with E-state index in [4.69, 9.17) is 10.00 Å². The van der Waals surface area contributed by atoms with Gasteiger partial charge in [0.15, 0.2) is 0 Å². The zero-order valence-electron chi connectivity index (χ0n) is 13.3. The average molecular weight is 323 g/mol. The highest BCUT2D eigenvalue weighted by molar-refractivity contribution is 6.06. The minimum atomic E-state index is -0.522. The third kappa shape index (κ3) is 4.27. The first-order chi connectivity index (χ1) is 11.5. The number of aromatic hydroxyl groups is 1. The molecule has 0 spiro atoms. The normalized spacial score (nSPS) is 10.6. The first kappa shape index (κ1) is 16.9. The zero-order chi connectivity index (χ0) is 17.5. The van der Waals surface area contributed by atoms with Crippen molar-refractivity contribution in [1.82, 2.24) is 0 Å². The smallest absolute Gasteiger partial charge is 0.267 e. The quantitative estimate of drug-likeness (QED) is 0.446. The molecule has 0 aliphatic heterocycles. The maximum atomic E-state index is 12.1. The van der Waals surface area contributed by atoms with Gasteiger partial charge in [0.2, 0.25) is 0 Å². The molecule has 2 aromatic carbocycles. The number of carbonyl (C=O) groups is 1. The number of phenols is 1. The molecule has 1 amide bonds. The summed E-state index contributed by atoms with van der Waals surface area (Å²) in [4.78, 5) is 12.1. The summed E-state index contributed by atoms with van der Waals surface area (Å²) in [5.74, 6) is 0.305. The van der Waals surface area contributed by atoms with E-state index in [2.05, 4.69) is 10.6 Å². The van der Waals surface area contributed by atoms with Crippen LogP contribution in [0.4, 0.5) is 11.4 Å². The van der Waals surface area contributed by atoms with Crippen LogP contribution in [0.15, 0.2) is 54.2 Å². The molecule has 122 valence electrons. The lowest BCUT2D eigenvalue weighted by molar-refractivity contribution is -0.112.